The number of anilines is 1. The van der Waals surface area contributed by atoms with Crippen molar-refractivity contribution in [2.45, 2.75) is 18.9 Å². The van der Waals surface area contributed by atoms with Crippen molar-refractivity contribution in [1.29, 1.82) is 0 Å². The molecule has 1 aliphatic rings. The molecule has 1 saturated heterocycles. The molecule has 1 aromatic carbocycles. The fourth-order valence-corrected chi connectivity index (χ4v) is 3.47. The second-order valence-electron chi connectivity index (χ2n) is 6.94. The molecule has 3 N–H and O–H groups in total. The molecule has 1 aliphatic heterocycles. The molecular formula is C21H21N5O4. The smallest absolute Gasteiger partial charge is 0.324 e. The van der Waals surface area contributed by atoms with Crippen LogP contribution in [0.1, 0.15) is 12.0 Å². The molecule has 1 fully saturated rings. The number of H-pyrrole nitrogens is 1. The maximum Gasteiger partial charge on any atom is 0.324 e. The predicted molar refractivity (Wildman–Crippen MR) is 110 cm³/mol. The number of ether oxygens (including phenoxy) is 1. The fourth-order valence-electron chi connectivity index (χ4n) is 3.47. The van der Waals surface area contributed by atoms with Gasteiger partial charge in [-0.3, -0.25) is 14.5 Å². The van der Waals surface area contributed by atoms with Gasteiger partial charge in [0, 0.05) is 29.7 Å². The highest BCUT2D eigenvalue weighted by Gasteiger charge is 2.38. The molecule has 3 heterocycles. The van der Waals surface area contributed by atoms with Gasteiger partial charge >= 0.3 is 6.03 Å². The number of benzene rings is 1. The van der Waals surface area contributed by atoms with Gasteiger partial charge in [-0.25, -0.2) is 9.78 Å². The zero-order valence-corrected chi connectivity index (χ0v) is 16.3. The van der Waals surface area contributed by atoms with Crippen LogP contribution in [0.4, 0.5) is 10.5 Å². The molecule has 2 aromatic heterocycles. The van der Waals surface area contributed by atoms with E-state index in [1.807, 2.05) is 30.5 Å². The van der Waals surface area contributed by atoms with Crippen LogP contribution in [-0.4, -0.2) is 52.4 Å². The Morgan fingerprint density at radius 2 is 2.07 bits per heavy atom. The van der Waals surface area contributed by atoms with Crippen molar-refractivity contribution in [3.8, 4) is 5.88 Å². The van der Waals surface area contributed by atoms with Crippen LogP contribution in [0.15, 0.2) is 48.8 Å². The van der Waals surface area contributed by atoms with Crippen molar-refractivity contribution in [3.05, 3.63) is 54.4 Å². The van der Waals surface area contributed by atoms with E-state index in [1.165, 1.54) is 13.3 Å². The second-order valence-corrected chi connectivity index (χ2v) is 6.94. The SMILES string of the molecule is COc1ccc(NC(=O)C[C@H]2NC(=O)N(CCc3c[nH]c4ccccc34)C2=O)cn1. The average molecular weight is 407 g/mol. The van der Waals surface area contributed by atoms with Crippen LogP contribution < -0.4 is 15.4 Å². The number of hydrogen-bond donors (Lipinski definition) is 3. The third kappa shape index (κ3) is 3.95. The van der Waals surface area contributed by atoms with Crippen molar-refractivity contribution < 1.29 is 19.1 Å². The van der Waals surface area contributed by atoms with Crippen LogP contribution in [0.25, 0.3) is 10.9 Å². The van der Waals surface area contributed by atoms with E-state index in [4.69, 9.17) is 4.74 Å². The number of fused-ring (bicyclic) bond motifs is 1. The highest BCUT2D eigenvalue weighted by Crippen LogP contribution is 2.20. The lowest BCUT2D eigenvalue weighted by atomic mass is 10.1. The quantitative estimate of drug-likeness (QED) is 0.519. The van der Waals surface area contributed by atoms with Crippen molar-refractivity contribution in [2.75, 3.05) is 19.0 Å². The summed E-state index contributed by atoms with van der Waals surface area (Å²) in [5.41, 5.74) is 2.51. The number of amides is 4. The Morgan fingerprint density at radius 1 is 1.23 bits per heavy atom. The van der Waals surface area contributed by atoms with Crippen LogP contribution in [0.3, 0.4) is 0 Å². The summed E-state index contributed by atoms with van der Waals surface area (Å²) >= 11 is 0. The Hall–Kier alpha value is -3.88. The normalized spacial score (nSPS) is 16.0. The van der Waals surface area contributed by atoms with Crippen molar-refractivity contribution in [1.82, 2.24) is 20.2 Å². The van der Waals surface area contributed by atoms with Gasteiger partial charge in [0.15, 0.2) is 0 Å². The number of imide groups is 1. The lowest BCUT2D eigenvalue weighted by Gasteiger charge is -2.13. The van der Waals surface area contributed by atoms with Gasteiger partial charge < -0.3 is 20.4 Å². The number of para-hydroxylation sites is 1. The molecule has 0 spiro atoms. The second kappa shape index (κ2) is 8.24. The van der Waals surface area contributed by atoms with E-state index in [1.54, 1.807) is 12.1 Å². The van der Waals surface area contributed by atoms with E-state index >= 15 is 0 Å². The minimum atomic E-state index is -0.883. The van der Waals surface area contributed by atoms with Gasteiger partial charge in [0.2, 0.25) is 11.8 Å². The molecule has 9 heteroatoms. The van der Waals surface area contributed by atoms with Crippen molar-refractivity contribution >= 4 is 34.4 Å². The summed E-state index contributed by atoms with van der Waals surface area (Å²) in [7, 11) is 1.50. The van der Waals surface area contributed by atoms with Gasteiger partial charge in [0.25, 0.3) is 5.91 Å². The number of methoxy groups -OCH3 is 1. The maximum atomic E-state index is 12.6. The molecule has 1 atom stereocenters. The summed E-state index contributed by atoms with van der Waals surface area (Å²) in [5, 5.41) is 6.31. The Labute approximate surface area is 172 Å². The van der Waals surface area contributed by atoms with Gasteiger partial charge in [-0.05, 0) is 24.1 Å². The van der Waals surface area contributed by atoms with Gasteiger partial charge in [0.1, 0.15) is 6.04 Å². The molecule has 0 aliphatic carbocycles. The molecule has 0 bridgehead atoms. The number of rotatable bonds is 7. The first kappa shape index (κ1) is 19.4. The molecule has 4 amide bonds. The Bertz CT molecular complexity index is 1090. The van der Waals surface area contributed by atoms with Crippen LogP contribution in [-0.2, 0) is 16.0 Å². The Balaban J connectivity index is 1.34. The van der Waals surface area contributed by atoms with Crippen LogP contribution in [0.5, 0.6) is 5.88 Å². The number of nitrogens with one attached hydrogen (secondary N) is 3. The lowest BCUT2D eigenvalue weighted by Crippen LogP contribution is -2.34. The summed E-state index contributed by atoms with van der Waals surface area (Å²) in [6.07, 6.45) is 3.72. The molecule has 3 aromatic rings. The first-order valence-electron chi connectivity index (χ1n) is 9.52. The number of aromatic amines is 1. The first-order valence-corrected chi connectivity index (χ1v) is 9.52. The monoisotopic (exact) mass is 407 g/mol. The van der Waals surface area contributed by atoms with E-state index < -0.39 is 18.0 Å². The number of hydrogen-bond acceptors (Lipinski definition) is 5. The summed E-state index contributed by atoms with van der Waals surface area (Å²) in [5.74, 6) is -0.362. The number of urea groups is 1. The lowest BCUT2D eigenvalue weighted by molar-refractivity contribution is -0.129. The Kier molecular flexibility index (Phi) is 5.34. The molecule has 0 saturated carbocycles. The van der Waals surface area contributed by atoms with Gasteiger partial charge in [-0.2, -0.15) is 0 Å². The maximum absolute atomic E-state index is 12.6. The van der Waals surface area contributed by atoms with E-state index in [2.05, 4.69) is 20.6 Å². The first-order chi connectivity index (χ1) is 14.5. The molecule has 154 valence electrons. The van der Waals surface area contributed by atoms with Gasteiger partial charge in [-0.15, -0.1) is 0 Å². The molecular weight excluding hydrogens is 386 g/mol. The zero-order valence-electron chi connectivity index (χ0n) is 16.3. The molecule has 0 unspecified atom stereocenters. The summed E-state index contributed by atoms with van der Waals surface area (Å²) in [6.45, 7) is 0.243. The molecule has 0 radical (unpaired) electrons. The van der Waals surface area contributed by atoms with E-state index in [-0.39, 0.29) is 18.9 Å². The number of carbonyl (C=O) groups is 3. The standard InChI is InChI=1S/C21H21N5O4/c1-30-19-7-6-14(12-23-19)24-18(27)10-17-20(28)26(21(29)25-17)9-8-13-11-22-16-5-3-2-4-15(13)16/h2-7,11-12,17,22H,8-10H2,1H3,(H,24,27)(H,25,29)/t17-/m1/s1. The zero-order chi connectivity index (χ0) is 21.1. The molecule has 4 rings (SSSR count). The van der Waals surface area contributed by atoms with E-state index in [0.717, 1.165) is 21.4 Å². The van der Waals surface area contributed by atoms with Gasteiger partial charge in [0.05, 0.1) is 25.4 Å². The average Bonchev–Trinajstić information content (AvgIpc) is 3.28. The number of carbonyl (C=O) groups excluding carboxylic acids is 3. The third-order valence-electron chi connectivity index (χ3n) is 5.01. The number of nitrogens with zero attached hydrogens (tertiary/aromatic N) is 2. The fraction of sp³-hybridized carbons (Fsp3) is 0.238. The number of pyridine rings is 1. The summed E-state index contributed by atoms with van der Waals surface area (Å²) in [4.78, 5) is 45.5. The van der Waals surface area contributed by atoms with Crippen LogP contribution >= 0.6 is 0 Å². The van der Waals surface area contributed by atoms with Crippen LogP contribution in [0, 0.1) is 0 Å². The number of aromatic nitrogens is 2. The van der Waals surface area contributed by atoms with Crippen molar-refractivity contribution in [3.63, 3.8) is 0 Å². The largest absolute Gasteiger partial charge is 0.481 e. The minimum absolute atomic E-state index is 0.153. The minimum Gasteiger partial charge on any atom is -0.481 e. The van der Waals surface area contributed by atoms with E-state index in [9.17, 15) is 14.4 Å². The summed E-state index contributed by atoms with van der Waals surface area (Å²) < 4.78 is 4.97. The highest BCUT2D eigenvalue weighted by molar-refractivity contribution is 6.07. The van der Waals surface area contributed by atoms with E-state index in [0.29, 0.717) is 18.0 Å². The van der Waals surface area contributed by atoms with Crippen molar-refractivity contribution in [2.24, 2.45) is 0 Å². The predicted octanol–water partition coefficient (Wildman–Crippen LogP) is 2.06. The Morgan fingerprint density at radius 3 is 2.83 bits per heavy atom. The van der Waals surface area contributed by atoms with Gasteiger partial charge in [-0.1, -0.05) is 18.2 Å². The molecule has 30 heavy (non-hydrogen) atoms. The summed E-state index contributed by atoms with van der Waals surface area (Å²) in [6, 6.07) is 9.75. The van der Waals surface area contributed by atoms with Crippen LogP contribution in [0.2, 0.25) is 0 Å². The third-order valence-corrected chi connectivity index (χ3v) is 5.01. The molecule has 9 nitrogen and oxygen atoms in total. The topological polar surface area (TPSA) is 116 Å². The highest BCUT2D eigenvalue weighted by atomic mass is 16.5.